The van der Waals surface area contributed by atoms with E-state index in [1.54, 1.807) is 19.2 Å². The zero-order chi connectivity index (χ0) is 18.8. The number of anilines is 1. The standard InChI is InChI=1S/C19H19ClN2O4/c1-10-12-7-11(24-2)5-6-14(12)21-18(10)19(23)22-15-9-16(25-3)13(20)8-17(15)26-4/h5-9,21H,1-4H3,(H,22,23). The number of fused-ring (bicyclic) bond motifs is 1. The molecule has 0 spiro atoms. The van der Waals surface area contributed by atoms with Crippen molar-refractivity contribution in [2.75, 3.05) is 26.6 Å². The molecule has 1 heterocycles. The van der Waals surface area contributed by atoms with Gasteiger partial charge < -0.3 is 24.5 Å². The number of hydrogen-bond acceptors (Lipinski definition) is 4. The number of halogens is 1. The van der Waals surface area contributed by atoms with Crippen LogP contribution in [0, 0.1) is 6.92 Å². The van der Waals surface area contributed by atoms with E-state index < -0.39 is 0 Å². The third-order valence-electron chi connectivity index (χ3n) is 4.21. The number of aromatic amines is 1. The largest absolute Gasteiger partial charge is 0.497 e. The van der Waals surface area contributed by atoms with Crippen molar-refractivity contribution >= 4 is 34.1 Å². The fourth-order valence-corrected chi connectivity index (χ4v) is 3.03. The lowest BCUT2D eigenvalue weighted by Gasteiger charge is -2.13. The van der Waals surface area contributed by atoms with E-state index in [2.05, 4.69) is 10.3 Å². The Labute approximate surface area is 156 Å². The fraction of sp³-hybridized carbons (Fsp3) is 0.211. The Kier molecular flexibility index (Phi) is 4.95. The molecular formula is C19H19ClN2O4. The van der Waals surface area contributed by atoms with Crippen LogP contribution in [0.5, 0.6) is 17.2 Å². The summed E-state index contributed by atoms with van der Waals surface area (Å²) in [5, 5.41) is 4.17. The van der Waals surface area contributed by atoms with Crippen LogP contribution in [0.15, 0.2) is 30.3 Å². The summed E-state index contributed by atoms with van der Waals surface area (Å²) >= 11 is 6.11. The van der Waals surface area contributed by atoms with Crippen molar-refractivity contribution in [3.05, 3.63) is 46.6 Å². The van der Waals surface area contributed by atoms with E-state index in [1.165, 1.54) is 14.2 Å². The molecule has 7 heteroatoms. The maximum Gasteiger partial charge on any atom is 0.272 e. The van der Waals surface area contributed by atoms with E-state index >= 15 is 0 Å². The highest BCUT2D eigenvalue weighted by molar-refractivity contribution is 6.32. The topological polar surface area (TPSA) is 72.6 Å². The molecular weight excluding hydrogens is 356 g/mol. The van der Waals surface area contributed by atoms with Crippen LogP contribution in [0.3, 0.4) is 0 Å². The lowest BCUT2D eigenvalue weighted by atomic mass is 10.1. The Morgan fingerprint density at radius 2 is 1.77 bits per heavy atom. The van der Waals surface area contributed by atoms with Crippen LogP contribution in [-0.2, 0) is 0 Å². The summed E-state index contributed by atoms with van der Waals surface area (Å²) in [4.78, 5) is 16.0. The average Bonchev–Trinajstić information content (AvgIpc) is 2.98. The molecule has 136 valence electrons. The summed E-state index contributed by atoms with van der Waals surface area (Å²) in [6.45, 7) is 1.88. The molecule has 0 bridgehead atoms. The van der Waals surface area contributed by atoms with Gasteiger partial charge in [0.05, 0.1) is 32.0 Å². The number of H-pyrrole nitrogens is 1. The van der Waals surface area contributed by atoms with Gasteiger partial charge in [-0.1, -0.05) is 11.6 Å². The highest BCUT2D eigenvalue weighted by Gasteiger charge is 2.18. The molecule has 0 saturated heterocycles. The Morgan fingerprint density at radius 1 is 1.04 bits per heavy atom. The van der Waals surface area contributed by atoms with E-state index in [0.717, 1.165) is 22.2 Å². The second kappa shape index (κ2) is 7.17. The number of aryl methyl sites for hydroxylation is 1. The van der Waals surface area contributed by atoms with Gasteiger partial charge in [-0.3, -0.25) is 4.79 Å². The van der Waals surface area contributed by atoms with Gasteiger partial charge in [-0.2, -0.15) is 0 Å². The Bertz CT molecular complexity index is 981. The molecule has 2 N–H and O–H groups in total. The third-order valence-corrected chi connectivity index (χ3v) is 4.51. The van der Waals surface area contributed by atoms with Crippen molar-refractivity contribution in [3.8, 4) is 17.2 Å². The maximum absolute atomic E-state index is 12.8. The highest BCUT2D eigenvalue weighted by atomic mass is 35.5. The number of carbonyl (C=O) groups is 1. The zero-order valence-electron chi connectivity index (χ0n) is 14.9. The molecule has 0 saturated carbocycles. The maximum atomic E-state index is 12.8. The molecule has 0 radical (unpaired) electrons. The van der Waals surface area contributed by atoms with E-state index in [4.69, 9.17) is 25.8 Å². The van der Waals surface area contributed by atoms with E-state index in [0.29, 0.717) is 27.9 Å². The quantitative estimate of drug-likeness (QED) is 0.694. The van der Waals surface area contributed by atoms with Crippen molar-refractivity contribution in [3.63, 3.8) is 0 Å². The summed E-state index contributed by atoms with van der Waals surface area (Å²) in [6.07, 6.45) is 0. The number of methoxy groups -OCH3 is 3. The number of rotatable bonds is 5. The summed E-state index contributed by atoms with van der Waals surface area (Å²) < 4.78 is 15.8. The Morgan fingerprint density at radius 3 is 2.42 bits per heavy atom. The summed E-state index contributed by atoms with van der Waals surface area (Å²) in [5.74, 6) is 1.33. The molecule has 0 aliphatic carbocycles. The first-order valence-corrected chi connectivity index (χ1v) is 8.25. The number of benzene rings is 2. The van der Waals surface area contributed by atoms with Gasteiger partial charge in [0.1, 0.15) is 22.9 Å². The Hall–Kier alpha value is -2.86. The number of hydrogen-bond donors (Lipinski definition) is 2. The summed E-state index contributed by atoms with van der Waals surface area (Å²) in [5.41, 5.74) is 2.61. The molecule has 0 fully saturated rings. The van der Waals surface area contributed by atoms with Crippen molar-refractivity contribution in [2.24, 2.45) is 0 Å². The third kappa shape index (κ3) is 3.15. The molecule has 26 heavy (non-hydrogen) atoms. The fourth-order valence-electron chi connectivity index (χ4n) is 2.80. The minimum atomic E-state index is -0.291. The van der Waals surface area contributed by atoms with Crippen molar-refractivity contribution in [1.82, 2.24) is 4.98 Å². The first-order chi connectivity index (χ1) is 12.5. The van der Waals surface area contributed by atoms with Crippen LogP contribution in [-0.4, -0.2) is 32.2 Å². The van der Waals surface area contributed by atoms with Crippen molar-refractivity contribution < 1.29 is 19.0 Å². The number of carbonyl (C=O) groups excluding carboxylic acids is 1. The molecule has 0 unspecified atom stereocenters. The first kappa shape index (κ1) is 17.9. The van der Waals surface area contributed by atoms with Gasteiger partial charge in [0.15, 0.2) is 0 Å². The highest BCUT2D eigenvalue weighted by Crippen LogP contribution is 2.36. The van der Waals surface area contributed by atoms with Crippen molar-refractivity contribution in [2.45, 2.75) is 6.92 Å². The smallest absolute Gasteiger partial charge is 0.272 e. The second-order valence-corrected chi connectivity index (χ2v) is 6.08. The SMILES string of the molecule is COc1ccc2[nH]c(C(=O)Nc3cc(OC)c(Cl)cc3OC)c(C)c2c1. The van der Waals surface area contributed by atoms with Crippen LogP contribution in [0.25, 0.3) is 10.9 Å². The summed E-state index contributed by atoms with van der Waals surface area (Å²) in [6, 6.07) is 8.83. The monoisotopic (exact) mass is 374 g/mol. The molecule has 1 aromatic heterocycles. The first-order valence-electron chi connectivity index (χ1n) is 7.87. The lowest BCUT2D eigenvalue weighted by molar-refractivity contribution is 0.102. The Balaban J connectivity index is 1.98. The van der Waals surface area contributed by atoms with Crippen molar-refractivity contribution in [1.29, 1.82) is 0 Å². The number of ether oxygens (including phenoxy) is 3. The van der Waals surface area contributed by atoms with Crippen LogP contribution >= 0.6 is 11.6 Å². The van der Waals surface area contributed by atoms with Crippen LogP contribution in [0.1, 0.15) is 16.1 Å². The number of aromatic nitrogens is 1. The van der Waals surface area contributed by atoms with Crippen LogP contribution in [0.4, 0.5) is 5.69 Å². The molecule has 1 amide bonds. The molecule has 0 atom stereocenters. The number of nitrogens with one attached hydrogen (secondary N) is 2. The predicted octanol–water partition coefficient (Wildman–Crippen LogP) is 4.41. The van der Waals surface area contributed by atoms with Crippen LogP contribution < -0.4 is 19.5 Å². The zero-order valence-corrected chi connectivity index (χ0v) is 15.7. The van der Waals surface area contributed by atoms with Gasteiger partial charge >= 0.3 is 0 Å². The van der Waals surface area contributed by atoms with E-state index in [9.17, 15) is 4.79 Å². The van der Waals surface area contributed by atoms with Gasteiger partial charge in [-0.05, 0) is 30.7 Å². The summed E-state index contributed by atoms with van der Waals surface area (Å²) in [7, 11) is 4.62. The molecule has 0 aliphatic heterocycles. The molecule has 3 rings (SSSR count). The molecule has 3 aromatic rings. The minimum Gasteiger partial charge on any atom is -0.497 e. The van der Waals surface area contributed by atoms with Gasteiger partial charge in [-0.25, -0.2) is 0 Å². The minimum absolute atomic E-state index is 0.291. The number of amides is 1. The van der Waals surface area contributed by atoms with Gasteiger partial charge in [0.2, 0.25) is 0 Å². The van der Waals surface area contributed by atoms with Gasteiger partial charge in [0.25, 0.3) is 5.91 Å². The molecule has 0 aliphatic rings. The molecule has 2 aromatic carbocycles. The van der Waals surface area contributed by atoms with E-state index in [-0.39, 0.29) is 5.91 Å². The predicted molar refractivity (Wildman–Crippen MR) is 102 cm³/mol. The van der Waals surface area contributed by atoms with Gasteiger partial charge in [0, 0.05) is 23.0 Å². The lowest BCUT2D eigenvalue weighted by Crippen LogP contribution is -2.14. The second-order valence-electron chi connectivity index (χ2n) is 5.68. The normalized spacial score (nSPS) is 10.7. The molecule has 6 nitrogen and oxygen atoms in total. The van der Waals surface area contributed by atoms with E-state index in [1.807, 2.05) is 25.1 Å². The van der Waals surface area contributed by atoms with Gasteiger partial charge in [-0.15, -0.1) is 0 Å². The van der Waals surface area contributed by atoms with Crippen LogP contribution in [0.2, 0.25) is 5.02 Å². The average molecular weight is 375 g/mol.